The van der Waals surface area contributed by atoms with Crippen LogP contribution in [0.3, 0.4) is 0 Å². The lowest BCUT2D eigenvalue weighted by atomic mass is 9.76. The lowest BCUT2D eigenvalue weighted by Crippen LogP contribution is -2.34. The van der Waals surface area contributed by atoms with Gasteiger partial charge in [0.1, 0.15) is 0 Å². The Balaban J connectivity index is 2.82. The van der Waals surface area contributed by atoms with Crippen LogP contribution in [0.15, 0.2) is 28.7 Å². The molecule has 0 aromatic heterocycles. The van der Waals surface area contributed by atoms with Gasteiger partial charge in [-0.2, -0.15) is 0 Å². The minimum absolute atomic E-state index is 0.0255. The van der Waals surface area contributed by atoms with E-state index in [9.17, 15) is 10.2 Å². The zero-order chi connectivity index (χ0) is 12.9. The van der Waals surface area contributed by atoms with Gasteiger partial charge >= 0.3 is 0 Å². The lowest BCUT2D eigenvalue weighted by Gasteiger charge is -2.31. The fourth-order valence-corrected chi connectivity index (χ4v) is 2.53. The molecule has 0 saturated heterocycles. The number of halogens is 1. The van der Waals surface area contributed by atoms with Gasteiger partial charge in [0.2, 0.25) is 0 Å². The zero-order valence-electron chi connectivity index (χ0n) is 10.5. The Morgan fingerprint density at radius 3 is 2.06 bits per heavy atom. The van der Waals surface area contributed by atoms with Gasteiger partial charge in [-0.3, -0.25) is 0 Å². The SMILES string of the molecule is CC(C)CC(CO)(CO)Cc1ccc(Br)cc1. The third kappa shape index (κ3) is 4.41. The standard InChI is InChI=1S/C14H21BrO2/c1-11(2)7-14(9-16,10-17)8-12-3-5-13(15)6-4-12/h3-6,11,16-17H,7-10H2,1-2H3. The molecule has 3 heteroatoms. The minimum Gasteiger partial charge on any atom is -0.396 e. The lowest BCUT2D eigenvalue weighted by molar-refractivity contribution is 0.0369. The van der Waals surface area contributed by atoms with Crippen LogP contribution in [-0.2, 0) is 6.42 Å². The van der Waals surface area contributed by atoms with Crippen LogP contribution in [-0.4, -0.2) is 23.4 Å². The second-order valence-corrected chi connectivity index (χ2v) is 6.13. The number of rotatable bonds is 6. The van der Waals surface area contributed by atoms with Crippen molar-refractivity contribution in [3.8, 4) is 0 Å². The summed E-state index contributed by atoms with van der Waals surface area (Å²) in [6.45, 7) is 4.28. The molecule has 2 nitrogen and oxygen atoms in total. The summed E-state index contributed by atoms with van der Waals surface area (Å²) in [5.41, 5.74) is 0.749. The first-order chi connectivity index (χ1) is 8.01. The van der Waals surface area contributed by atoms with Crippen LogP contribution >= 0.6 is 15.9 Å². The molecule has 1 aromatic rings. The molecule has 2 N–H and O–H groups in total. The molecule has 0 amide bonds. The summed E-state index contributed by atoms with van der Waals surface area (Å²) in [6, 6.07) is 8.05. The number of aliphatic hydroxyl groups excluding tert-OH is 2. The summed E-state index contributed by atoms with van der Waals surface area (Å²) in [5, 5.41) is 19.1. The highest BCUT2D eigenvalue weighted by molar-refractivity contribution is 9.10. The largest absolute Gasteiger partial charge is 0.396 e. The minimum atomic E-state index is -0.401. The molecule has 0 atom stereocenters. The summed E-state index contributed by atoms with van der Waals surface area (Å²) in [4.78, 5) is 0. The predicted octanol–water partition coefficient (Wildman–Crippen LogP) is 3.01. The van der Waals surface area contributed by atoms with Crippen LogP contribution < -0.4 is 0 Å². The van der Waals surface area contributed by atoms with Gasteiger partial charge < -0.3 is 10.2 Å². The molecule has 0 radical (unpaired) electrons. The van der Waals surface area contributed by atoms with Gasteiger partial charge in [0.05, 0.1) is 13.2 Å². The average molecular weight is 301 g/mol. The van der Waals surface area contributed by atoms with Crippen molar-refractivity contribution < 1.29 is 10.2 Å². The van der Waals surface area contributed by atoms with E-state index in [-0.39, 0.29) is 13.2 Å². The zero-order valence-corrected chi connectivity index (χ0v) is 12.1. The molecule has 96 valence electrons. The molecule has 1 aromatic carbocycles. The average Bonchev–Trinajstić information content (AvgIpc) is 2.30. The van der Waals surface area contributed by atoms with Gasteiger partial charge in [0.15, 0.2) is 0 Å². The Kier molecular flexibility index (Phi) is 5.63. The quantitative estimate of drug-likeness (QED) is 0.848. The third-order valence-electron chi connectivity index (χ3n) is 3.00. The first-order valence-corrected chi connectivity index (χ1v) is 6.77. The third-order valence-corrected chi connectivity index (χ3v) is 3.53. The summed E-state index contributed by atoms with van der Waals surface area (Å²) in [6.07, 6.45) is 1.54. The summed E-state index contributed by atoms with van der Waals surface area (Å²) < 4.78 is 1.05. The van der Waals surface area contributed by atoms with Gasteiger partial charge in [0, 0.05) is 9.89 Å². The van der Waals surface area contributed by atoms with Gasteiger partial charge in [-0.1, -0.05) is 41.9 Å². The van der Waals surface area contributed by atoms with Crippen molar-refractivity contribution in [2.75, 3.05) is 13.2 Å². The van der Waals surface area contributed by atoms with Crippen molar-refractivity contribution in [1.29, 1.82) is 0 Å². The van der Waals surface area contributed by atoms with E-state index in [1.807, 2.05) is 24.3 Å². The van der Waals surface area contributed by atoms with Crippen LogP contribution in [0.4, 0.5) is 0 Å². The second-order valence-electron chi connectivity index (χ2n) is 5.22. The number of hydrogen-bond acceptors (Lipinski definition) is 2. The first-order valence-electron chi connectivity index (χ1n) is 5.97. The second kappa shape index (κ2) is 6.53. The molecule has 0 saturated carbocycles. The normalized spacial score (nSPS) is 12.1. The fraction of sp³-hybridized carbons (Fsp3) is 0.571. The Morgan fingerprint density at radius 1 is 1.12 bits per heavy atom. The molecular formula is C14H21BrO2. The molecule has 0 heterocycles. The number of benzene rings is 1. The Morgan fingerprint density at radius 2 is 1.65 bits per heavy atom. The van der Waals surface area contributed by atoms with E-state index in [1.165, 1.54) is 0 Å². The van der Waals surface area contributed by atoms with E-state index < -0.39 is 5.41 Å². The van der Waals surface area contributed by atoms with E-state index in [1.54, 1.807) is 0 Å². The molecule has 0 fully saturated rings. The predicted molar refractivity (Wildman–Crippen MR) is 73.9 cm³/mol. The molecule has 1 rings (SSSR count). The van der Waals surface area contributed by atoms with Gasteiger partial charge in [0.25, 0.3) is 0 Å². The van der Waals surface area contributed by atoms with Crippen molar-refractivity contribution in [1.82, 2.24) is 0 Å². The Bertz CT molecular complexity index is 329. The van der Waals surface area contributed by atoms with Gasteiger partial charge in [-0.05, 0) is 36.5 Å². The number of aliphatic hydroxyl groups is 2. The van der Waals surface area contributed by atoms with Crippen LogP contribution in [0.1, 0.15) is 25.8 Å². The van der Waals surface area contributed by atoms with E-state index in [2.05, 4.69) is 29.8 Å². The van der Waals surface area contributed by atoms with Crippen molar-refractivity contribution >= 4 is 15.9 Å². The van der Waals surface area contributed by atoms with Crippen molar-refractivity contribution in [3.05, 3.63) is 34.3 Å². The van der Waals surface area contributed by atoms with E-state index in [4.69, 9.17) is 0 Å². The van der Waals surface area contributed by atoms with Crippen LogP contribution in [0.5, 0.6) is 0 Å². The van der Waals surface area contributed by atoms with Crippen LogP contribution in [0.25, 0.3) is 0 Å². The van der Waals surface area contributed by atoms with E-state index in [0.29, 0.717) is 12.3 Å². The fourth-order valence-electron chi connectivity index (χ4n) is 2.26. The van der Waals surface area contributed by atoms with E-state index in [0.717, 1.165) is 16.5 Å². The topological polar surface area (TPSA) is 40.5 Å². The van der Waals surface area contributed by atoms with Crippen molar-refractivity contribution in [2.45, 2.75) is 26.7 Å². The van der Waals surface area contributed by atoms with Crippen LogP contribution in [0, 0.1) is 11.3 Å². The van der Waals surface area contributed by atoms with Gasteiger partial charge in [-0.15, -0.1) is 0 Å². The van der Waals surface area contributed by atoms with Crippen molar-refractivity contribution in [2.24, 2.45) is 11.3 Å². The van der Waals surface area contributed by atoms with E-state index >= 15 is 0 Å². The molecule has 0 bridgehead atoms. The number of hydrogen-bond donors (Lipinski definition) is 2. The maximum atomic E-state index is 9.57. The summed E-state index contributed by atoms with van der Waals surface area (Å²) in [5.74, 6) is 0.463. The molecular weight excluding hydrogens is 280 g/mol. The monoisotopic (exact) mass is 300 g/mol. The molecule has 0 aliphatic heterocycles. The van der Waals surface area contributed by atoms with Gasteiger partial charge in [-0.25, -0.2) is 0 Å². The molecule has 0 unspecified atom stereocenters. The summed E-state index contributed by atoms with van der Waals surface area (Å²) in [7, 11) is 0. The highest BCUT2D eigenvalue weighted by Gasteiger charge is 2.29. The molecule has 0 spiro atoms. The Hall–Kier alpha value is -0.380. The maximum Gasteiger partial charge on any atom is 0.0512 e. The highest BCUT2D eigenvalue weighted by atomic mass is 79.9. The first kappa shape index (κ1) is 14.7. The smallest absolute Gasteiger partial charge is 0.0512 e. The highest BCUT2D eigenvalue weighted by Crippen LogP contribution is 2.30. The molecule has 0 aliphatic carbocycles. The molecule has 17 heavy (non-hydrogen) atoms. The van der Waals surface area contributed by atoms with Crippen molar-refractivity contribution in [3.63, 3.8) is 0 Å². The maximum absolute atomic E-state index is 9.57. The summed E-state index contributed by atoms with van der Waals surface area (Å²) >= 11 is 3.40. The molecule has 0 aliphatic rings. The Labute approximate surface area is 112 Å². The van der Waals surface area contributed by atoms with Crippen LogP contribution in [0.2, 0.25) is 0 Å².